The van der Waals surface area contributed by atoms with Crippen molar-refractivity contribution >= 4 is 28.8 Å². The van der Waals surface area contributed by atoms with E-state index in [1.54, 1.807) is 63.8 Å². The summed E-state index contributed by atoms with van der Waals surface area (Å²) >= 11 is 0. The van der Waals surface area contributed by atoms with Gasteiger partial charge < -0.3 is 19.1 Å². The van der Waals surface area contributed by atoms with Crippen molar-refractivity contribution in [2.75, 3.05) is 37.7 Å². The zero-order valence-corrected chi connectivity index (χ0v) is 19.2. The highest BCUT2D eigenvalue weighted by Gasteiger charge is 2.44. The van der Waals surface area contributed by atoms with Gasteiger partial charge in [0.05, 0.1) is 32.6 Å². The number of hydrogen-bond donors (Lipinski definition) is 0. The summed E-state index contributed by atoms with van der Waals surface area (Å²) in [5.74, 6) is 0.920. The fourth-order valence-corrected chi connectivity index (χ4v) is 4.56. The van der Waals surface area contributed by atoms with Crippen LogP contribution >= 0.6 is 0 Å². The van der Waals surface area contributed by atoms with E-state index in [1.165, 1.54) is 4.90 Å². The zero-order valence-electron chi connectivity index (χ0n) is 19.2. The number of methoxy groups -OCH3 is 3. The van der Waals surface area contributed by atoms with Gasteiger partial charge in [-0.2, -0.15) is 0 Å². The van der Waals surface area contributed by atoms with E-state index in [9.17, 15) is 9.59 Å². The molecule has 2 heterocycles. The third kappa shape index (κ3) is 3.37. The van der Waals surface area contributed by atoms with Crippen LogP contribution in [0.3, 0.4) is 0 Å². The number of hydrogen-bond acceptors (Lipinski definition) is 6. The predicted molar refractivity (Wildman–Crippen MR) is 129 cm³/mol. The molecule has 34 heavy (non-hydrogen) atoms. The van der Waals surface area contributed by atoms with Gasteiger partial charge in [-0.05, 0) is 60.0 Å². The Morgan fingerprint density at radius 1 is 0.765 bits per heavy atom. The third-order valence-corrected chi connectivity index (χ3v) is 6.22. The summed E-state index contributed by atoms with van der Waals surface area (Å²) in [6, 6.07) is 20.1. The Labute approximate surface area is 197 Å². The molecule has 0 unspecified atom stereocenters. The lowest BCUT2D eigenvalue weighted by atomic mass is 10.0. The second-order valence-electron chi connectivity index (χ2n) is 7.97. The van der Waals surface area contributed by atoms with Crippen molar-refractivity contribution in [2.45, 2.75) is 6.42 Å². The Bertz CT molecular complexity index is 1310. The molecule has 2 amide bonds. The number of amides is 2. The minimum Gasteiger partial charge on any atom is -0.497 e. The van der Waals surface area contributed by atoms with E-state index in [0.717, 1.165) is 17.7 Å². The predicted octanol–water partition coefficient (Wildman–Crippen LogP) is 4.06. The molecular formula is C27H24N2O5. The van der Waals surface area contributed by atoms with Gasteiger partial charge >= 0.3 is 0 Å². The molecule has 0 radical (unpaired) electrons. The molecule has 7 nitrogen and oxygen atoms in total. The minimum atomic E-state index is -0.387. The van der Waals surface area contributed by atoms with Crippen molar-refractivity contribution in [3.8, 4) is 17.2 Å². The lowest BCUT2D eigenvalue weighted by Crippen LogP contribution is -2.34. The van der Waals surface area contributed by atoms with Gasteiger partial charge in [-0.15, -0.1) is 0 Å². The number of rotatable bonds is 6. The normalized spacial score (nSPS) is 15.1. The molecule has 7 heteroatoms. The maximum atomic E-state index is 13.8. The number of para-hydroxylation sites is 1. The van der Waals surface area contributed by atoms with Crippen LogP contribution in [0.5, 0.6) is 17.2 Å². The molecule has 3 aromatic rings. The Kier molecular flexibility index (Phi) is 5.45. The van der Waals surface area contributed by atoms with E-state index in [0.29, 0.717) is 46.3 Å². The lowest BCUT2D eigenvalue weighted by molar-refractivity contribution is -0.120. The summed E-state index contributed by atoms with van der Waals surface area (Å²) in [4.78, 5) is 30.8. The number of carbonyl (C=O) groups is 2. The highest BCUT2D eigenvalue weighted by atomic mass is 16.5. The van der Waals surface area contributed by atoms with Crippen LogP contribution in [0.25, 0.3) is 5.57 Å². The lowest BCUT2D eigenvalue weighted by Gasteiger charge is -2.22. The first-order chi connectivity index (χ1) is 16.6. The molecule has 172 valence electrons. The van der Waals surface area contributed by atoms with Crippen molar-refractivity contribution in [3.05, 3.63) is 83.6 Å². The van der Waals surface area contributed by atoms with Gasteiger partial charge in [0, 0.05) is 12.2 Å². The van der Waals surface area contributed by atoms with Crippen LogP contribution < -0.4 is 24.0 Å². The van der Waals surface area contributed by atoms with E-state index in [2.05, 4.69) is 6.07 Å². The summed E-state index contributed by atoms with van der Waals surface area (Å²) in [6.07, 6.45) is 0.795. The van der Waals surface area contributed by atoms with Crippen LogP contribution in [0, 0.1) is 0 Å². The topological polar surface area (TPSA) is 68.3 Å². The van der Waals surface area contributed by atoms with Crippen molar-refractivity contribution in [1.82, 2.24) is 0 Å². The second-order valence-corrected chi connectivity index (χ2v) is 7.97. The molecule has 0 saturated carbocycles. The number of benzene rings is 3. The van der Waals surface area contributed by atoms with E-state index in [1.807, 2.05) is 23.1 Å². The Morgan fingerprint density at radius 3 is 2.21 bits per heavy atom. The Morgan fingerprint density at radius 2 is 1.50 bits per heavy atom. The Balaban J connectivity index is 1.67. The fraction of sp³-hybridized carbons (Fsp3) is 0.185. The molecule has 2 aliphatic rings. The zero-order chi connectivity index (χ0) is 23.8. The molecule has 0 atom stereocenters. The molecule has 3 aromatic carbocycles. The highest BCUT2D eigenvalue weighted by Crippen LogP contribution is 2.41. The highest BCUT2D eigenvalue weighted by molar-refractivity contribution is 6.46. The largest absolute Gasteiger partial charge is 0.497 e. The SMILES string of the molecule is COc1ccc(N2C(=O)C(c3ccc(OC)c(OC)c3)=C(N3CCc4ccccc43)C2=O)cc1. The fourth-order valence-electron chi connectivity index (χ4n) is 4.56. The third-order valence-electron chi connectivity index (χ3n) is 6.22. The smallest absolute Gasteiger partial charge is 0.282 e. The molecule has 0 saturated heterocycles. The standard InChI is InChI=1S/C27H24N2O5/c1-32-20-11-9-19(10-12-20)29-26(30)24(18-8-13-22(33-2)23(16-18)34-3)25(27(29)31)28-15-14-17-6-4-5-7-21(17)28/h4-13,16H,14-15H2,1-3H3. The van der Waals surface area contributed by atoms with Gasteiger partial charge in [-0.25, -0.2) is 4.90 Å². The van der Waals surface area contributed by atoms with Crippen LogP contribution in [-0.2, 0) is 16.0 Å². The number of nitrogens with zero attached hydrogens (tertiary/aromatic N) is 2. The number of anilines is 2. The van der Waals surface area contributed by atoms with Crippen LogP contribution in [0.2, 0.25) is 0 Å². The summed E-state index contributed by atoms with van der Waals surface area (Å²) in [5.41, 5.74) is 3.84. The molecule has 0 fully saturated rings. The van der Waals surface area contributed by atoms with Crippen LogP contribution in [0.15, 0.2) is 72.4 Å². The molecule has 0 aliphatic carbocycles. The summed E-state index contributed by atoms with van der Waals surface area (Å²) < 4.78 is 16.1. The maximum Gasteiger partial charge on any atom is 0.282 e. The number of imide groups is 1. The first-order valence-electron chi connectivity index (χ1n) is 10.9. The Hall–Kier alpha value is -4.26. The van der Waals surface area contributed by atoms with Gasteiger partial charge in [0.15, 0.2) is 11.5 Å². The molecule has 0 aromatic heterocycles. The van der Waals surface area contributed by atoms with E-state index >= 15 is 0 Å². The van der Waals surface area contributed by atoms with Crippen LogP contribution in [0.1, 0.15) is 11.1 Å². The number of fused-ring (bicyclic) bond motifs is 1. The first kappa shape index (κ1) is 21.6. The average Bonchev–Trinajstić information content (AvgIpc) is 3.41. The van der Waals surface area contributed by atoms with Gasteiger partial charge in [-0.1, -0.05) is 24.3 Å². The second kappa shape index (κ2) is 8.59. The molecule has 0 bridgehead atoms. The monoisotopic (exact) mass is 456 g/mol. The van der Waals surface area contributed by atoms with Crippen molar-refractivity contribution < 1.29 is 23.8 Å². The molecule has 0 N–H and O–H groups in total. The van der Waals surface area contributed by atoms with Gasteiger partial charge in [-0.3, -0.25) is 9.59 Å². The van der Waals surface area contributed by atoms with Crippen LogP contribution in [0.4, 0.5) is 11.4 Å². The number of carbonyl (C=O) groups excluding carboxylic acids is 2. The van der Waals surface area contributed by atoms with E-state index in [-0.39, 0.29) is 11.8 Å². The minimum absolute atomic E-state index is 0.332. The quantitative estimate of drug-likeness (QED) is 0.521. The number of ether oxygens (including phenoxy) is 3. The van der Waals surface area contributed by atoms with E-state index in [4.69, 9.17) is 14.2 Å². The first-order valence-corrected chi connectivity index (χ1v) is 10.9. The van der Waals surface area contributed by atoms with Crippen molar-refractivity contribution in [3.63, 3.8) is 0 Å². The van der Waals surface area contributed by atoms with Gasteiger partial charge in [0.25, 0.3) is 11.8 Å². The summed E-state index contributed by atoms with van der Waals surface area (Å²) in [6.45, 7) is 0.612. The van der Waals surface area contributed by atoms with Gasteiger partial charge in [0.2, 0.25) is 0 Å². The maximum absolute atomic E-state index is 13.8. The van der Waals surface area contributed by atoms with Crippen molar-refractivity contribution in [1.29, 1.82) is 0 Å². The molecular weight excluding hydrogens is 432 g/mol. The molecule has 5 rings (SSSR count). The summed E-state index contributed by atoms with van der Waals surface area (Å²) in [5, 5.41) is 0. The molecule has 2 aliphatic heterocycles. The van der Waals surface area contributed by atoms with E-state index < -0.39 is 0 Å². The van der Waals surface area contributed by atoms with Gasteiger partial charge in [0.1, 0.15) is 11.4 Å². The van der Waals surface area contributed by atoms with Crippen molar-refractivity contribution in [2.24, 2.45) is 0 Å². The summed E-state index contributed by atoms with van der Waals surface area (Å²) in [7, 11) is 4.67. The molecule has 0 spiro atoms. The average molecular weight is 456 g/mol. The van der Waals surface area contributed by atoms with Crippen LogP contribution in [-0.4, -0.2) is 39.7 Å².